The Morgan fingerprint density at radius 2 is 2.00 bits per heavy atom. The van der Waals surface area contributed by atoms with Crippen LogP contribution in [0.15, 0.2) is 41.8 Å². The topological polar surface area (TPSA) is 47.8 Å². The molecule has 1 aliphatic rings. The highest BCUT2D eigenvalue weighted by Crippen LogP contribution is 2.30. The molecule has 0 aliphatic heterocycles. The van der Waals surface area contributed by atoms with Crippen molar-refractivity contribution in [3.05, 3.63) is 36.7 Å². The van der Waals surface area contributed by atoms with Crippen LogP contribution in [0.2, 0.25) is 0 Å². The van der Waals surface area contributed by atoms with E-state index in [1.165, 1.54) is 0 Å². The molecule has 0 unspecified atom stereocenters. The van der Waals surface area contributed by atoms with E-state index in [4.69, 9.17) is 0 Å². The second-order valence-electron chi connectivity index (χ2n) is 4.99. The Morgan fingerprint density at radius 3 is 2.85 bits per heavy atom. The van der Waals surface area contributed by atoms with Gasteiger partial charge in [-0.05, 0) is 25.0 Å². The first kappa shape index (κ1) is 13.4. The van der Waals surface area contributed by atoms with Crippen LogP contribution in [0.1, 0.15) is 32.1 Å². The smallest absolute Gasteiger partial charge is 0.196 e. The van der Waals surface area contributed by atoms with E-state index in [1.807, 2.05) is 34.9 Å². The van der Waals surface area contributed by atoms with Gasteiger partial charge in [0, 0.05) is 12.1 Å². The summed E-state index contributed by atoms with van der Waals surface area (Å²) in [7, 11) is 0. The monoisotopic (exact) mass is 287 g/mol. The van der Waals surface area contributed by atoms with Crippen molar-refractivity contribution >= 4 is 17.5 Å². The van der Waals surface area contributed by atoms with Crippen molar-refractivity contribution in [1.82, 2.24) is 14.8 Å². The Labute approximate surface area is 122 Å². The number of carbonyl (C=O) groups is 1. The molecule has 4 nitrogen and oxygen atoms in total. The van der Waals surface area contributed by atoms with Crippen LogP contribution in [0.3, 0.4) is 0 Å². The second kappa shape index (κ2) is 6.22. The van der Waals surface area contributed by atoms with Crippen molar-refractivity contribution in [3.8, 4) is 5.69 Å². The number of para-hydroxylation sites is 1. The van der Waals surface area contributed by atoms with E-state index in [9.17, 15) is 4.79 Å². The van der Waals surface area contributed by atoms with Gasteiger partial charge in [0.2, 0.25) is 0 Å². The van der Waals surface area contributed by atoms with Crippen molar-refractivity contribution in [1.29, 1.82) is 0 Å². The summed E-state index contributed by atoms with van der Waals surface area (Å²) < 4.78 is 1.95. The van der Waals surface area contributed by atoms with E-state index in [0.29, 0.717) is 12.2 Å². The van der Waals surface area contributed by atoms with Crippen LogP contribution in [-0.2, 0) is 4.79 Å². The molecule has 1 aromatic heterocycles. The molecule has 1 atom stereocenters. The third-order valence-electron chi connectivity index (χ3n) is 3.55. The molecule has 1 fully saturated rings. The first-order valence-corrected chi connectivity index (χ1v) is 7.87. The first-order valence-electron chi connectivity index (χ1n) is 6.99. The number of nitrogens with zero attached hydrogens (tertiary/aromatic N) is 3. The molecule has 104 valence electrons. The van der Waals surface area contributed by atoms with Crippen LogP contribution in [0.4, 0.5) is 0 Å². The Balaban J connectivity index is 1.81. The molecule has 0 bridgehead atoms. The molecule has 20 heavy (non-hydrogen) atoms. The third kappa shape index (κ3) is 2.93. The second-order valence-corrected chi connectivity index (χ2v) is 6.16. The van der Waals surface area contributed by atoms with Crippen LogP contribution in [0, 0.1) is 0 Å². The van der Waals surface area contributed by atoms with Crippen molar-refractivity contribution < 1.29 is 4.79 Å². The molecular weight excluding hydrogens is 270 g/mol. The molecule has 0 saturated heterocycles. The van der Waals surface area contributed by atoms with Crippen molar-refractivity contribution in [2.75, 3.05) is 0 Å². The maximum Gasteiger partial charge on any atom is 0.196 e. The van der Waals surface area contributed by atoms with Gasteiger partial charge in [-0.2, -0.15) is 0 Å². The van der Waals surface area contributed by atoms with Gasteiger partial charge in [0.15, 0.2) is 5.16 Å². The molecule has 0 amide bonds. The Kier molecular flexibility index (Phi) is 4.16. The number of ketones is 1. The van der Waals surface area contributed by atoms with Gasteiger partial charge in [0.05, 0.1) is 5.25 Å². The van der Waals surface area contributed by atoms with E-state index in [-0.39, 0.29) is 5.25 Å². The van der Waals surface area contributed by atoms with Gasteiger partial charge in [0.1, 0.15) is 12.1 Å². The van der Waals surface area contributed by atoms with Crippen LogP contribution < -0.4 is 0 Å². The Morgan fingerprint density at radius 1 is 1.15 bits per heavy atom. The number of Topliss-reactive ketones (excluding diaryl/α,β-unsaturated/α-hetero) is 1. The summed E-state index contributed by atoms with van der Waals surface area (Å²) in [6.07, 6.45) is 6.68. The summed E-state index contributed by atoms with van der Waals surface area (Å²) in [4.78, 5) is 12.1. The fourth-order valence-electron chi connectivity index (χ4n) is 2.45. The average molecular weight is 287 g/mol. The number of benzene rings is 1. The number of hydrogen-bond donors (Lipinski definition) is 0. The normalized spacial score (nSPS) is 19.8. The molecule has 1 aromatic carbocycles. The summed E-state index contributed by atoms with van der Waals surface area (Å²) in [5.74, 6) is 0.357. The summed E-state index contributed by atoms with van der Waals surface area (Å²) in [6.45, 7) is 0. The molecule has 0 spiro atoms. The molecule has 0 radical (unpaired) electrons. The maximum atomic E-state index is 12.1. The minimum atomic E-state index is 0.0316. The molecule has 1 aliphatic carbocycles. The van der Waals surface area contributed by atoms with E-state index < -0.39 is 0 Å². The predicted octanol–water partition coefficient (Wildman–Crippen LogP) is 3.26. The molecule has 1 heterocycles. The molecule has 2 aromatic rings. The highest BCUT2D eigenvalue weighted by molar-refractivity contribution is 8.00. The highest BCUT2D eigenvalue weighted by Gasteiger charge is 2.24. The lowest BCUT2D eigenvalue weighted by molar-refractivity contribution is -0.118. The minimum Gasteiger partial charge on any atom is -0.298 e. The molecule has 3 rings (SSSR count). The zero-order chi connectivity index (χ0) is 13.8. The lowest BCUT2D eigenvalue weighted by Crippen LogP contribution is -2.15. The van der Waals surface area contributed by atoms with Crippen LogP contribution in [0.5, 0.6) is 0 Å². The lowest BCUT2D eigenvalue weighted by atomic mass is 10.2. The van der Waals surface area contributed by atoms with Gasteiger partial charge in [0.25, 0.3) is 0 Å². The largest absolute Gasteiger partial charge is 0.298 e. The summed E-state index contributed by atoms with van der Waals surface area (Å²) in [5, 5.41) is 9.00. The SMILES string of the molecule is O=C1CCCCC[C@H]1Sc1nncn1-c1ccccc1. The van der Waals surface area contributed by atoms with Crippen molar-refractivity contribution in [2.24, 2.45) is 0 Å². The van der Waals surface area contributed by atoms with Gasteiger partial charge in [-0.15, -0.1) is 10.2 Å². The van der Waals surface area contributed by atoms with Crippen LogP contribution in [-0.4, -0.2) is 25.8 Å². The van der Waals surface area contributed by atoms with Crippen LogP contribution >= 0.6 is 11.8 Å². The van der Waals surface area contributed by atoms with Gasteiger partial charge in [-0.3, -0.25) is 9.36 Å². The quantitative estimate of drug-likeness (QED) is 0.813. The van der Waals surface area contributed by atoms with E-state index in [1.54, 1.807) is 18.1 Å². The van der Waals surface area contributed by atoms with Gasteiger partial charge in [-0.1, -0.05) is 42.8 Å². The fraction of sp³-hybridized carbons (Fsp3) is 0.400. The standard InChI is InChI=1S/C15H17N3OS/c19-13-9-5-2-6-10-14(13)20-15-17-16-11-18(15)12-7-3-1-4-8-12/h1,3-4,7-8,11,14H,2,5-6,9-10H2/t14-/m1/s1. The van der Waals surface area contributed by atoms with Crippen molar-refractivity contribution in [2.45, 2.75) is 42.5 Å². The zero-order valence-corrected chi connectivity index (χ0v) is 12.1. The zero-order valence-electron chi connectivity index (χ0n) is 11.2. The van der Waals surface area contributed by atoms with Gasteiger partial charge < -0.3 is 0 Å². The van der Waals surface area contributed by atoms with Crippen LogP contribution in [0.25, 0.3) is 5.69 Å². The van der Waals surface area contributed by atoms with E-state index in [0.717, 1.165) is 36.5 Å². The lowest BCUT2D eigenvalue weighted by Gasteiger charge is -2.12. The number of thioether (sulfide) groups is 1. The van der Waals surface area contributed by atoms with Crippen molar-refractivity contribution in [3.63, 3.8) is 0 Å². The molecule has 1 saturated carbocycles. The Bertz CT molecular complexity index is 582. The number of hydrogen-bond acceptors (Lipinski definition) is 4. The minimum absolute atomic E-state index is 0.0316. The fourth-order valence-corrected chi connectivity index (χ4v) is 3.60. The number of rotatable bonds is 3. The highest BCUT2D eigenvalue weighted by atomic mass is 32.2. The summed E-state index contributed by atoms with van der Waals surface area (Å²) in [5.41, 5.74) is 1.03. The predicted molar refractivity (Wildman–Crippen MR) is 79.1 cm³/mol. The Hall–Kier alpha value is -1.62. The van der Waals surface area contributed by atoms with E-state index >= 15 is 0 Å². The van der Waals surface area contributed by atoms with E-state index in [2.05, 4.69) is 10.2 Å². The molecule has 0 N–H and O–H groups in total. The molecular formula is C15H17N3OS. The molecule has 5 heteroatoms. The first-order chi connectivity index (χ1) is 9.84. The number of carbonyl (C=O) groups excluding carboxylic acids is 1. The number of aromatic nitrogens is 3. The average Bonchev–Trinajstić information content (AvgIpc) is 2.85. The van der Waals surface area contributed by atoms with Gasteiger partial charge >= 0.3 is 0 Å². The third-order valence-corrected chi connectivity index (χ3v) is 4.82. The van der Waals surface area contributed by atoms with Gasteiger partial charge in [-0.25, -0.2) is 0 Å². The summed E-state index contributed by atoms with van der Waals surface area (Å²) in [6, 6.07) is 9.99. The maximum absolute atomic E-state index is 12.1. The summed E-state index contributed by atoms with van der Waals surface area (Å²) >= 11 is 1.55.